The van der Waals surface area contributed by atoms with Crippen molar-refractivity contribution in [1.82, 2.24) is 19.7 Å². The van der Waals surface area contributed by atoms with Gasteiger partial charge >= 0.3 is 0 Å². The Bertz CT molecular complexity index is 1100. The predicted octanol–water partition coefficient (Wildman–Crippen LogP) is 4.37. The maximum Gasteiger partial charge on any atom is 0.234 e. The van der Waals surface area contributed by atoms with Crippen LogP contribution in [0, 0.1) is 6.92 Å². The van der Waals surface area contributed by atoms with Crippen molar-refractivity contribution in [2.75, 3.05) is 11.1 Å². The van der Waals surface area contributed by atoms with Gasteiger partial charge in [-0.3, -0.25) is 14.3 Å². The van der Waals surface area contributed by atoms with Gasteiger partial charge in [-0.25, -0.2) is 0 Å². The van der Waals surface area contributed by atoms with Gasteiger partial charge in [-0.15, -0.1) is 10.2 Å². The molecule has 2 aromatic carbocycles. The second kappa shape index (κ2) is 8.70. The van der Waals surface area contributed by atoms with Crippen molar-refractivity contribution in [1.29, 1.82) is 0 Å². The van der Waals surface area contributed by atoms with E-state index in [-0.39, 0.29) is 11.7 Å². The summed E-state index contributed by atoms with van der Waals surface area (Å²) in [5.74, 6) is 0.849. The van der Waals surface area contributed by atoms with Crippen LogP contribution in [0.15, 0.2) is 84.3 Å². The van der Waals surface area contributed by atoms with Gasteiger partial charge in [0.2, 0.25) is 5.91 Å². The molecule has 0 aliphatic heterocycles. The van der Waals surface area contributed by atoms with Crippen molar-refractivity contribution in [3.05, 3.63) is 84.7 Å². The number of aromatic nitrogens is 4. The summed E-state index contributed by atoms with van der Waals surface area (Å²) in [6, 6.07) is 21.3. The number of nitrogens with one attached hydrogen (secondary N) is 1. The molecule has 7 heteroatoms. The van der Waals surface area contributed by atoms with Gasteiger partial charge in [0.1, 0.15) is 0 Å². The molecule has 1 amide bonds. The van der Waals surface area contributed by atoms with E-state index in [1.54, 1.807) is 12.4 Å². The van der Waals surface area contributed by atoms with Crippen molar-refractivity contribution < 1.29 is 4.79 Å². The van der Waals surface area contributed by atoms with Crippen LogP contribution in [0.2, 0.25) is 0 Å². The molecule has 0 atom stereocenters. The molecule has 2 heterocycles. The molecule has 0 bridgehead atoms. The Morgan fingerprint density at radius 2 is 1.69 bits per heavy atom. The van der Waals surface area contributed by atoms with Gasteiger partial charge in [0.15, 0.2) is 11.0 Å². The quantitative estimate of drug-likeness (QED) is 0.486. The second-order valence-electron chi connectivity index (χ2n) is 6.42. The van der Waals surface area contributed by atoms with Crippen molar-refractivity contribution in [3.63, 3.8) is 0 Å². The number of benzene rings is 2. The number of thioether (sulfide) groups is 1. The number of amides is 1. The van der Waals surface area contributed by atoms with E-state index in [0.717, 1.165) is 16.9 Å². The number of hydrogen-bond acceptors (Lipinski definition) is 5. The van der Waals surface area contributed by atoms with Gasteiger partial charge in [-0.2, -0.15) is 0 Å². The van der Waals surface area contributed by atoms with Gasteiger partial charge in [0.25, 0.3) is 0 Å². The SMILES string of the molecule is Cc1ccc(-n2c(SCC(=O)Nc3ccccc3)nnc2-c2ccncc2)cc1. The van der Waals surface area contributed by atoms with Crippen LogP contribution in [0.5, 0.6) is 0 Å². The minimum Gasteiger partial charge on any atom is -0.325 e. The van der Waals surface area contributed by atoms with E-state index in [0.29, 0.717) is 11.0 Å². The highest BCUT2D eigenvalue weighted by atomic mass is 32.2. The van der Waals surface area contributed by atoms with Crippen molar-refractivity contribution >= 4 is 23.4 Å². The van der Waals surface area contributed by atoms with Crippen LogP contribution in [0.25, 0.3) is 17.1 Å². The number of hydrogen-bond donors (Lipinski definition) is 1. The zero-order chi connectivity index (χ0) is 20.1. The summed E-state index contributed by atoms with van der Waals surface area (Å²) < 4.78 is 1.97. The van der Waals surface area contributed by atoms with Crippen LogP contribution < -0.4 is 5.32 Å². The smallest absolute Gasteiger partial charge is 0.234 e. The number of carbonyl (C=O) groups excluding carboxylic acids is 1. The zero-order valence-electron chi connectivity index (χ0n) is 15.8. The van der Waals surface area contributed by atoms with Gasteiger partial charge in [0.05, 0.1) is 5.75 Å². The second-order valence-corrected chi connectivity index (χ2v) is 7.36. The van der Waals surface area contributed by atoms with Crippen molar-refractivity contribution in [2.45, 2.75) is 12.1 Å². The lowest BCUT2D eigenvalue weighted by atomic mass is 10.2. The molecular formula is C22H19N5OS. The number of carbonyl (C=O) groups is 1. The average Bonchev–Trinajstić information content (AvgIpc) is 3.18. The summed E-state index contributed by atoms with van der Waals surface area (Å²) in [6.07, 6.45) is 3.45. The summed E-state index contributed by atoms with van der Waals surface area (Å²) in [4.78, 5) is 16.4. The van der Waals surface area contributed by atoms with E-state index in [1.807, 2.05) is 78.2 Å². The standard InChI is InChI=1S/C22H19N5OS/c1-16-7-9-19(10-8-16)27-21(17-11-13-23-14-12-17)25-26-22(27)29-15-20(28)24-18-5-3-2-4-6-18/h2-14H,15H2,1H3,(H,24,28). The molecule has 1 N–H and O–H groups in total. The molecule has 0 radical (unpaired) electrons. The van der Waals surface area contributed by atoms with Crippen molar-refractivity contribution in [3.8, 4) is 17.1 Å². The zero-order valence-corrected chi connectivity index (χ0v) is 16.6. The van der Waals surface area contributed by atoms with E-state index in [4.69, 9.17) is 0 Å². The van der Waals surface area contributed by atoms with Crippen LogP contribution in [0.1, 0.15) is 5.56 Å². The molecule has 29 heavy (non-hydrogen) atoms. The van der Waals surface area contributed by atoms with Crippen LogP contribution in [0.4, 0.5) is 5.69 Å². The number of rotatable bonds is 6. The summed E-state index contributed by atoms with van der Waals surface area (Å²) >= 11 is 1.35. The Balaban J connectivity index is 1.60. The number of aryl methyl sites for hydroxylation is 1. The Hall–Kier alpha value is -3.45. The monoisotopic (exact) mass is 401 g/mol. The predicted molar refractivity (Wildman–Crippen MR) is 115 cm³/mol. The first kappa shape index (κ1) is 18.9. The molecule has 2 aromatic heterocycles. The van der Waals surface area contributed by atoms with Gasteiger partial charge in [0, 0.05) is 29.3 Å². The Kier molecular flexibility index (Phi) is 5.67. The first-order chi connectivity index (χ1) is 14.2. The number of anilines is 1. The highest BCUT2D eigenvalue weighted by Crippen LogP contribution is 2.28. The van der Waals surface area contributed by atoms with E-state index in [1.165, 1.54) is 17.3 Å². The first-order valence-electron chi connectivity index (χ1n) is 9.11. The third-order valence-electron chi connectivity index (χ3n) is 4.25. The van der Waals surface area contributed by atoms with E-state index < -0.39 is 0 Å². The Morgan fingerprint density at radius 1 is 0.966 bits per heavy atom. The number of para-hydroxylation sites is 1. The fraction of sp³-hybridized carbons (Fsp3) is 0.0909. The highest BCUT2D eigenvalue weighted by molar-refractivity contribution is 7.99. The number of nitrogens with zero attached hydrogens (tertiary/aromatic N) is 4. The largest absolute Gasteiger partial charge is 0.325 e. The molecule has 0 spiro atoms. The lowest BCUT2D eigenvalue weighted by Gasteiger charge is -2.11. The molecule has 0 saturated heterocycles. The summed E-state index contributed by atoms with van der Waals surface area (Å²) in [5.41, 5.74) is 3.80. The van der Waals surface area contributed by atoms with Gasteiger partial charge in [-0.1, -0.05) is 47.7 Å². The van der Waals surface area contributed by atoms with E-state index in [9.17, 15) is 4.79 Å². The molecule has 0 aliphatic rings. The molecule has 0 unspecified atom stereocenters. The molecule has 4 aromatic rings. The van der Waals surface area contributed by atoms with Gasteiger partial charge in [-0.05, 0) is 43.3 Å². The molecule has 0 fully saturated rings. The normalized spacial score (nSPS) is 10.7. The van der Waals surface area contributed by atoms with Crippen LogP contribution in [0.3, 0.4) is 0 Å². The van der Waals surface area contributed by atoms with Crippen LogP contribution in [-0.4, -0.2) is 31.4 Å². The van der Waals surface area contributed by atoms with E-state index >= 15 is 0 Å². The third-order valence-corrected chi connectivity index (χ3v) is 5.18. The van der Waals surface area contributed by atoms with E-state index in [2.05, 4.69) is 20.5 Å². The fourth-order valence-electron chi connectivity index (χ4n) is 2.83. The molecule has 144 valence electrons. The molecule has 4 rings (SSSR count). The maximum atomic E-state index is 12.4. The average molecular weight is 401 g/mol. The van der Waals surface area contributed by atoms with Crippen LogP contribution in [-0.2, 0) is 4.79 Å². The Morgan fingerprint density at radius 3 is 2.41 bits per heavy atom. The Labute approximate surface area is 173 Å². The van der Waals surface area contributed by atoms with Crippen molar-refractivity contribution in [2.24, 2.45) is 0 Å². The first-order valence-corrected chi connectivity index (χ1v) is 10.1. The lowest BCUT2D eigenvalue weighted by molar-refractivity contribution is -0.113. The highest BCUT2D eigenvalue weighted by Gasteiger charge is 2.17. The molecule has 0 saturated carbocycles. The molecule has 6 nitrogen and oxygen atoms in total. The third kappa shape index (κ3) is 4.52. The lowest BCUT2D eigenvalue weighted by Crippen LogP contribution is -2.14. The van der Waals surface area contributed by atoms with Gasteiger partial charge < -0.3 is 5.32 Å². The maximum absolute atomic E-state index is 12.4. The number of pyridine rings is 1. The minimum absolute atomic E-state index is 0.0925. The minimum atomic E-state index is -0.0925. The topological polar surface area (TPSA) is 72.7 Å². The summed E-state index contributed by atoms with van der Waals surface area (Å²) in [6.45, 7) is 2.04. The summed E-state index contributed by atoms with van der Waals surface area (Å²) in [7, 11) is 0. The molecular weight excluding hydrogens is 382 g/mol. The summed E-state index contributed by atoms with van der Waals surface area (Å²) in [5, 5.41) is 12.3. The fourth-order valence-corrected chi connectivity index (χ4v) is 3.58. The van der Waals surface area contributed by atoms with Crippen LogP contribution >= 0.6 is 11.8 Å². The molecule has 0 aliphatic carbocycles.